The monoisotopic (exact) mass is 264 g/mol. The Morgan fingerprint density at radius 1 is 1.61 bits per heavy atom. The van der Waals surface area contributed by atoms with Crippen LogP contribution < -0.4 is 0 Å². The van der Waals surface area contributed by atoms with Crippen LogP contribution in [0.4, 0.5) is 18.9 Å². The summed E-state index contributed by atoms with van der Waals surface area (Å²) in [4.78, 5) is 23.6. The SMILES string of the molecule is COC(=O)Cc1nc(C(F)F)cc(F)c1[N+](=O)[O-]. The molecule has 0 amide bonds. The summed E-state index contributed by atoms with van der Waals surface area (Å²) >= 11 is 0. The van der Waals surface area contributed by atoms with Gasteiger partial charge in [-0.3, -0.25) is 14.9 Å². The van der Waals surface area contributed by atoms with Gasteiger partial charge in [0, 0.05) is 6.07 Å². The maximum absolute atomic E-state index is 13.3. The van der Waals surface area contributed by atoms with Crippen molar-refractivity contribution in [3.8, 4) is 0 Å². The van der Waals surface area contributed by atoms with Gasteiger partial charge >= 0.3 is 11.7 Å². The van der Waals surface area contributed by atoms with Crippen LogP contribution >= 0.6 is 0 Å². The number of ether oxygens (including phenoxy) is 1. The molecular weight excluding hydrogens is 257 g/mol. The Bertz CT molecular complexity index is 493. The van der Waals surface area contributed by atoms with Crippen molar-refractivity contribution in [2.75, 3.05) is 7.11 Å². The predicted octanol–water partition coefficient (Wildman–Crippen LogP) is 1.78. The lowest BCUT2D eigenvalue weighted by atomic mass is 10.2. The van der Waals surface area contributed by atoms with Gasteiger partial charge < -0.3 is 4.74 Å². The van der Waals surface area contributed by atoms with Crippen LogP contribution in [0, 0.1) is 15.9 Å². The van der Waals surface area contributed by atoms with E-state index < -0.39 is 46.6 Å². The maximum Gasteiger partial charge on any atom is 0.326 e. The van der Waals surface area contributed by atoms with Crippen LogP contribution in [0.25, 0.3) is 0 Å². The largest absolute Gasteiger partial charge is 0.469 e. The van der Waals surface area contributed by atoms with Crippen LogP contribution in [0.5, 0.6) is 0 Å². The fourth-order valence-electron chi connectivity index (χ4n) is 1.21. The Morgan fingerprint density at radius 2 is 2.22 bits per heavy atom. The second kappa shape index (κ2) is 5.43. The number of halogens is 3. The highest BCUT2D eigenvalue weighted by atomic mass is 19.3. The number of pyridine rings is 1. The average molecular weight is 264 g/mol. The zero-order valence-corrected chi connectivity index (χ0v) is 9.02. The summed E-state index contributed by atoms with van der Waals surface area (Å²) in [7, 11) is 1.00. The second-order valence-corrected chi connectivity index (χ2v) is 3.13. The smallest absolute Gasteiger partial charge is 0.326 e. The van der Waals surface area contributed by atoms with E-state index in [1.54, 1.807) is 0 Å². The Labute approximate surface area is 98.5 Å². The van der Waals surface area contributed by atoms with Crippen LogP contribution in [0.2, 0.25) is 0 Å². The van der Waals surface area contributed by atoms with Crippen LogP contribution in [0.15, 0.2) is 6.07 Å². The van der Waals surface area contributed by atoms with Gasteiger partial charge in [-0.25, -0.2) is 13.8 Å². The van der Waals surface area contributed by atoms with Crippen molar-refractivity contribution in [1.82, 2.24) is 4.98 Å². The molecule has 0 N–H and O–H groups in total. The number of carbonyl (C=O) groups excluding carboxylic acids is 1. The molecule has 1 heterocycles. The van der Waals surface area contributed by atoms with E-state index in [1.165, 1.54) is 0 Å². The molecule has 0 spiro atoms. The molecule has 1 aromatic heterocycles. The number of nitrogens with zero attached hydrogens (tertiary/aromatic N) is 2. The predicted molar refractivity (Wildman–Crippen MR) is 51.5 cm³/mol. The highest BCUT2D eigenvalue weighted by molar-refractivity contribution is 5.73. The molecule has 18 heavy (non-hydrogen) atoms. The average Bonchev–Trinajstić information content (AvgIpc) is 2.27. The number of hydrogen-bond donors (Lipinski definition) is 0. The van der Waals surface area contributed by atoms with Crippen molar-refractivity contribution in [1.29, 1.82) is 0 Å². The lowest BCUT2D eigenvalue weighted by Gasteiger charge is -2.05. The van der Waals surface area contributed by atoms with Crippen LogP contribution in [0.3, 0.4) is 0 Å². The molecule has 0 unspecified atom stereocenters. The molecule has 0 aliphatic heterocycles. The lowest BCUT2D eigenvalue weighted by Crippen LogP contribution is -2.11. The normalized spacial score (nSPS) is 10.5. The topological polar surface area (TPSA) is 82.3 Å². The van der Waals surface area contributed by atoms with E-state index >= 15 is 0 Å². The highest BCUT2D eigenvalue weighted by Crippen LogP contribution is 2.26. The molecule has 0 fully saturated rings. The van der Waals surface area contributed by atoms with E-state index in [0.717, 1.165) is 7.11 Å². The molecule has 0 bridgehead atoms. The van der Waals surface area contributed by atoms with Crippen molar-refractivity contribution in [3.63, 3.8) is 0 Å². The van der Waals surface area contributed by atoms with E-state index in [0.29, 0.717) is 0 Å². The minimum Gasteiger partial charge on any atom is -0.469 e. The number of esters is 1. The maximum atomic E-state index is 13.3. The van der Waals surface area contributed by atoms with E-state index in [4.69, 9.17) is 0 Å². The Balaban J connectivity index is 3.33. The van der Waals surface area contributed by atoms with Gasteiger partial charge in [0.1, 0.15) is 11.4 Å². The van der Waals surface area contributed by atoms with Gasteiger partial charge in [-0.2, -0.15) is 4.39 Å². The van der Waals surface area contributed by atoms with Gasteiger partial charge in [0.2, 0.25) is 5.82 Å². The number of methoxy groups -OCH3 is 1. The Hall–Kier alpha value is -2.19. The molecule has 0 saturated carbocycles. The molecule has 6 nitrogen and oxygen atoms in total. The summed E-state index contributed by atoms with van der Waals surface area (Å²) in [6, 6.07) is 0.267. The molecule has 1 aromatic rings. The highest BCUT2D eigenvalue weighted by Gasteiger charge is 2.27. The molecule has 98 valence electrons. The van der Waals surface area contributed by atoms with Gasteiger partial charge in [0.15, 0.2) is 0 Å². The minimum atomic E-state index is -3.10. The number of nitro groups is 1. The van der Waals surface area contributed by atoms with E-state index in [9.17, 15) is 28.1 Å². The quantitative estimate of drug-likeness (QED) is 0.470. The third-order valence-corrected chi connectivity index (χ3v) is 1.98. The number of aromatic nitrogens is 1. The summed E-state index contributed by atoms with van der Waals surface area (Å²) in [5.74, 6) is -2.42. The number of alkyl halides is 2. The molecule has 0 aliphatic rings. The first-order valence-corrected chi connectivity index (χ1v) is 4.55. The minimum absolute atomic E-state index is 0.267. The molecule has 0 atom stereocenters. The van der Waals surface area contributed by atoms with Gasteiger partial charge in [0.05, 0.1) is 18.5 Å². The summed E-state index contributed by atoms with van der Waals surface area (Å²) in [5, 5.41) is 10.6. The third-order valence-electron chi connectivity index (χ3n) is 1.98. The van der Waals surface area contributed by atoms with Crippen LogP contribution in [0.1, 0.15) is 17.8 Å². The zero-order valence-electron chi connectivity index (χ0n) is 9.02. The van der Waals surface area contributed by atoms with Crippen molar-refractivity contribution in [2.45, 2.75) is 12.8 Å². The van der Waals surface area contributed by atoms with Crippen molar-refractivity contribution in [3.05, 3.63) is 33.4 Å². The fourth-order valence-corrected chi connectivity index (χ4v) is 1.21. The standard InChI is InChI=1S/C9H7F3N2O4/c1-18-7(15)3-5-8(14(16)17)4(10)2-6(13-5)9(11)12/h2,9H,3H2,1H3. The van der Waals surface area contributed by atoms with Gasteiger partial charge in [0.25, 0.3) is 6.43 Å². The number of carbonyl (C=O) groups is 1. The molecule has 0 aliphatic carbocycles. The number of hydrogen-bond acceptors (Lipinski definition) is 5. The van der Waals surface area contributed by atoms with Gasteiger partial charge in [-0.1, -0.05) is 0 Å². The van der Waals surface area contributed by atoms with E-state index in [2.05, 4.69) is 9.72 Å². The fraction of sp³-hybridized carbons (Fsp3) is 0.333. The van der Waals surface area contributed by atoms with Gasteiger partial charge in [-0.15, -0.1) is 0 Å². The first kappa shape index (κ1) is 13.9. The van der Waals surface area contributed by atoms with Gasteiger partial charge in [-0.05, 0) is 0 Å². The van der Waals surface area contributed by atoms with Crippen molar-refractivity contribution in [2.24, 2.45) is 0 Å². The number of rotatable bonds is 4. The summed E-state index contributed by atoms with van der Waals surface area (Å²) in [5.41, 5.74) is -2.77. The molecule has 0 saturated heterocycles. The van der Waals surface area contributed by atoms with Crippen molar-refractivity contribution < 1.29 is 27.6 Å². The molecule has 9 heteroatoms. The zero-order chi connectivity index (χ0) is 13.9. The molecule has 0 radical (unpaired) electrons. The first-order valence-electron chi connectivity index (χ1n) is 4.55. The first-order chi connectivity index (χ1) is 8.36. The van der Waals surface area contributed by atoms with E-state index in [-0.39, 0.29) is 6.07 Å². The molecule has 1 rings (SSSR count). The van der Waals surface area contributed by atoms with Crippen LogP contribution in [-0.4, -0.2) is 23.0 Å². The van der Waals surface area contributed by atoms with E-state index in [1.807, 2.05) is 0 Å². The lowest BCUT2D eigenvalue weighted by molar-refractivity contribution is -0.388. The summed E-state index contributed by atoms with van der Waals surface area (Å²) < 4.78 is 42.3. The van der Waals surface area contributed by atoms with Crippen molar-refractivity contribution >= 4 is 11.7 Å². The Morgan fingerprint density at radius 3 is 2.67 bits per heavy atom. The second-order valence-electron chi connectivity index (χ2n) is 3.13. The Kier molecular flexibility index (Phi) is 4.18. The molecule has 0 aromatic carbocycles. The molecular formula is C9H7F3N2O4. The summed E-state index contributed by atoms with van der Waals surface area (Å²) in [6.45, 7) is 0. The van der Waals surface area contributed by atoms with Crippen LogP contribution in [-0.2, 0) is 16.0 Å². The summed E-state index contributed by atoms with van der Waals surface area (Å²) in [6.07, 6.45) is -3.86. The third kappa shape index (κ3) is 2.93.